The van der Waals surface area contributed by atoms with E-state index in [0.29, 0.717) is 11.6 Å². The minimum absolute atomic E-state index is 0.0175. The Bertz CT molecular complexity index is 894. The Morgan fingerprint density at radius 1 is 1.40 bits per heavy atom. The van der Waals surface area contributed by atoms with E-state index in [1.54, 1.807) is 4.68 Å². The molecule has 0 bridgehead atoms. The lowest BCUT2D eigenvalue weighted by Crippen LogP contribution is -2.36. The summed E-state index contributed by atoms with van der Waals surface area (Å²) in [5.74, 6) is 0.0594. The summed E-state index contributed by atoms with van der Waals surface area (Å²) in [4.78, 5) is 12.1. The van der Waals surface area contributed by atoms with Crippen molar-refractivity contribution in [2.45, 2.75) is 31.5 Å². The summed E-state index contributed by atoms with van der Waals surface area (Å²) in [7, 11) is -3.01. The van der Waals surface area contributed by atoms with E-state index in [0.717, 1.165) is 16.8 Å². The molecule has 25 heavy (non-hydrogen) atoms. The van der Waals surface area contributed by atoms with Gasteiger partial charge in [0.15, 0.2) is 9.84 Å². The smallest absolute Gasteiger partial charge is 0.230 e. The van der Waals surface area contributed by atoms with Gasteiger partial charge in [-0.05, 0) is 47.9 Å². The zero-order valence-corrected chi connectivity index (χ0v) is 15.6. The molecule has 1 aliphatic heterocycles. The normalized spacial score (nSPS) is 19.0. The largest absolute Gasteiger partial charge is 0.352 e. The highest BCUT2D eigenvalue weighted by atomic mass is 32.2. The highest BCUT2D eigenvalue weighted by Crippen LogP contribution is 2.21. The summed E-state index contributed by atoms with van der Waals surface area (Å²) in [6.07, 6.45) is 0.471. The van der Waals surface area contributed by atoms with Crippen molar-refractivity contribution in [3.63, 3.8) is 0 Å². The van der Waals surface area contributed by atoms with Gasteiger partial charge < -0.3 is 5.32 Å². The first-order valence-electron chi connectivity index (χ1n) is 7.83. The number of aromatic nitrogens is 4. The minimum atomic E-state index is -3.01. The Labute approximate surface area is 150 Å². The fraction of sp³-hybridized carbons (Fsp3) is 0.467. The molecule has 1 aliphatic rings. The third-order valence-electron chi connectivity index (χ3n) is 3.96. The molecule has 1 amide bonds. The molecule has 0 spiro atoms. The fourth-order valence-electron chi connectivity index (χ4n) is 2.68. The van der Waals surface area contributed by atoms with E-state index in [-0.39, 0.29) is 29.2 Å². The first kappa shape index (κ1) is 17.9. The average Bonchev–Trinajstić information content (AvgIpc) is 3.14. The van der Waals surface area contributed by atoms with Gasteiger partial charge in [0.25, 0.3) is 0 Å². The first-order chi connectivity index (χ1) is 11.8. The number of nitrogens with zero attached hydrogens (tertiary/aromatic N) is 4. The van der Waals surface area contributed by atoms with Crippen LogP contribution in [-0.2, 0) is 14.6 Å². The number of sulfone groups is 1. The fourth-order valence-corrected chi connectivity index (χ4v) is 5.04. The van der Waals surface area contributed by atoms with Crippen LogP contribution in [0.4, 0.5) is 0 Å². The summed E-state index contributed by atoms with van der Waals surface area (Å²) >= 11 is 1.22. The van der Waals surface area contributed by atoms with E-state index in [1.165, 1.54) is 11.8 Å². The quantitative estimate of drug-likeness (QED) is 0.759. The van der Waals surface area contributed by atoms with Gasteiger partial charge in [-0.15, -0.1) is 5.10 Å². The summed E-state index contributed by atoms with van der Waals surface area (Å²) in [5, 5.41) is 15.0. The molecule has 10 heteroatoms. The maximum absolute atomic E-state index is 12.1. The molecule has 3 rings (SSSR count). The van der Waals surface area contributed by atoms with E-state index in [2.05, 4.69) is 20.8 Å². The first-order valence-corrected chi connectivity index (χ1v) is 10.6. The predicted octanol–water partition coefficient (Wildman–Crippen LogP) is 0.675. The molecule has 1 aromatic carbocycles. The van der Waals surface area contributed by atoms with E-state index >= 15 is 0 Å². The molecule has 0 aliphatic carbocycles. The standard InChI is InChI=1S/C15H19N5O3S2/c1-10-3-4-11(2)13(7-10)20-15(17-18-19-20)24-8-14(21)16-12-5-6-25(22,23)9-12/h3-4,7,12H,5-6,8-9H2,1-2H3,(H,16,21)/t12-/m0/s1. The van der Waals surface area contributed by atoms with Gasteiger partial charge in [-0.2, -0.15) is 4.68 Å². The van der Waals surface area contributed by atoms with E-state index in [1.807, 2.05) is 32.0 Å². The number of amides is 1. The van der Waals surface area contributed by atoms with Gasteiger partial charge in [-0.3, -0.25) is 4.79 Å². The maximum Gasteiger partial charge on any atom is 0.230 e. The number of tetrazole rings is 1. The number of aryl methyl sites for hydroxylation is 2. The highest BCUT2D eigenvalue weighted by molar-refractivity contribution is 7.99. The van der Waals surface area contributed by atoms with Crippen LogP contribution in [0.5, 0.6) is 0 Å². The van der Waals surface area contributed by atoms with Gasteiger partial charge >= 0.3 is 0 Å². The van der Waals surface area contributed by atoms with Gasteiger partial charge in [-0.25, -0.2) is 8.42 Å². The molecular formula is C15H19N5O3S2. The van der Waals surface area contributed by atoms with E-state index < -0.39 is 9.84 Å². The Kier molecular flexibility index (Phi) is 5.09. The Balaban J connectivity index is 1.64. The van der Waals surface area contributed by atoms with E-state index in [9.17, 15) is 13.2 Å². The van der Waals surface area contributed by atoms with Gasteiger partial charge in [-0.1, -0.05) is 23.9 Å². The molecule has 2 aromatic rings. The maximum atomic E-state index is 12.1. The Morgan fingerprint density at radius 3 is 2.92 bits per heavy atom. The molecule has 1 aromatic heterocycles. The summed E-state index contributed by atoms with van der Waals surface area (Å²) in [6.45, 7) is 3.96. The van der Waals surface area contributed by atoms with Crippen molar-refractivity contribution in [2.75, 3.05) is 17.3 Å². The lowest BCUT2D eigenvalue weighted by Gasteiger charge is -2.11. The van der Waals surface area contributed by atoms with Crippen LogP contribution in [-0.4, -0.2) is 57.8 Å². The van der Waals surface area contributed by atoms with Crippen molar-refractivity contribution in [1.29, 1.82) is 0 Å². The molecular weight excluding hydrogens is 362 g/mol. The molecule has 0 saturated carbocycles. The molecule has 1 N–H and O–H groups in total. The molecule has 1 atom stereocenters. The second kappa shape index (κ2) is 7.12. The molecule has 1 fully saturated rings. The van der Waals surface area contributed by atoms with Crippen LogP contribution in [0.2, 0.25) is 0 Å². The lowest BCUT2D eigenvalue weighted by molar-refractivity contribution is -0.119. The number of carbonyl (C=O) groups is 1. The number of hydrogen-bond donors (Lipinski definition) is 1. The lowest BCUT2D eigenvalue weighted by atomic mass is 10.1. The van der Waals surface area contributed by atoms with Crippen molar-refractivity contribution in [2.24, 2.45) is 0 Å². The van der Waals surface area contributed by atoms with Crippen molar-refractivity contribution >= 4 is 27.5 Å². The molecule has 134 valence electrons. The number of benzene rings is 1. The molecule has 8 nitrogen and oxygen atoms in total. The Hall–Kier alpha value is -1.94. The number of rotatable bonds is 5. The van der Waals surface area contributed by atoms with Crippen molar-refractivity contribution in [3.05, 3.63) is 29.3 Å². The average molecular weight is 381 g/mol. The third-order valence-corrected chi connectivity index (χ3v) is 6.65. The summed E-state index contributed by atoms with van der Waals surface area (Å²) in [5.41, 5.74) is 2.99. The number of hydrogen-bond acceptors (Lipinski definition) is 7. The molecule has 1 saturated heterocycles. The SMILES string of the molecule is Cc1ccc(C)c(-n2nnnc2SCC(=O)N[C@H]2CCS(=O)(=O)C2)c1. The van der Waals surface area contributed by atoms with Crippen LogP contribution >= 0.6 is 11.8 Å². The number of nitrogens with one attached hydrogen (secondary N) is 1. The van der Waals surface area contributed by atoms with Crippen LogP contribution in [0.15, 0.2) is 23.4 Å². The third kappa shape index (κ3) is 4.37. The van der Waals surface area contributed by atoms with Crippen LogP contribution in [0.1, 0.15) is 17.5 Å². The predicted molar refractivity (Wildman–Crippen MR) is 94.6 cm³/mol. The Morgan fingerprint density at radius 2 is 2.20 bits per heavy atom. The molecule has 2 heterocycles. The minimum Gasteiger partial charge on any atom is -0.352 e. The zero-order chi connectivity index (χ0) is 18.0. The summed E-state index contributed by atoms with van der Waals surface area (Å²) < 4.78 is 24.5. The molecule has 0 radical (unpaired) electrons. The monoisotopic (exact) mass is 381 g/mol. The van der Waals surface area contributed by atoms with Crippen LogP contribution < -0.4 is 5.32 Å². The van der Waals surface area contributed by atoms with Gasteiger partial charge in [0.05, 0.1) is 22.9 Å². The van der Waals surface area contributed by atoms with Crippen molar-refractivity contribution in [1.82, 2.24) is 25.5 Å². The van der Waals surface area contributed by atoms with Crippen LogP contribution in [0.25, 0.3) is 5.69 Å². The van der Waals surface area contributed by atoms with Crippen molar-refractivity contribution < 1.29 is 13.2 Å². The highest BCUT2D eigenvalue weighted by Gasteiger charge is 2.28. The topological polar surface area (TPSA) is 107 Å². The van der Waals surface area contributed by atoms with Crippen LogP contribution in [0, 0.1) is 13.8 Å². The van der Waals surface area contributed by atoms with E-state index in [4.69, 9.17) is 0 Å². The van der Waals surface area contributed by atoms with Crippen molar-refractivity contribution in [3.8, 4) is 5.69 Å². The van der Waals surface area contributed by atoms with Gasteiger partial charge in [0.2, 0.25) is 11.1 Å². The van der Waals surface area contributed by atoms with Crippen LogP contribution in [0.3, 0.4) is 0 Å². The number of carbonyl (C=O) groups excluding carboxylic acids is 1. The van der Waals surface area contributed by atoms with Gasteiger partial charge in [0.1, 0.15) is 0 Å². The second-order valence-corrected chi connectivity index (χ2v) is 9.29. The zero-order valence-electron chi connectivity index (χ0n) is 14.0. The summed E-state index contributed by atoms with van der Waals surface area (Å²) in [6, 6.07) is 5.69. The number of thioether (sulfide) groups is 1. The van der Waals surface area contributed by atoms with Gasteiger partial charge in [0, 0.05) is 6.04 Å². The molecule has 0 unspecified atom stereocenters. The second-order valence-electron chi connectivity index (χ2n) is 6.12.